The van der Waals surface area contributed by atoms with E-state index in [-0.39, 0.29) is 23.7 Å². The van der Waals surface area contributed by atoms with Crippen molar-refractivity contribution in [3.05, 3.63) is 56.9 Å². The second kappa shape index (κ2) is 6.61. The normalized spacial score (nSPS) is 13.9. The highest BCUT2D eigenvalue weighted by atomic mass is 16.6. The van der Waals surface area contributed by atoms with Crippen molar-refractivity contribution in [2.45, 2.75) is 19.4 Å². The Morgan fingerprint density at radius 2 is 1.96 bits per heavy atom. The van der Waals surface area contributed by atoms with Crippen LogP contribution in [0.1, 0.15) is 12.8 Å². The first-order valence-electron chi connectivity index (χ1n) is 7.65. The van der Waals surface area contributed by atoms with Crippen LogP contribution in [0.3, 0.4) is 0 Å². The van der Waals surface area contributed by atoms with Gasteiger partial charge in [-0.25, -0.2) is 4.68 Å². The van der Waals surface area contributed by atoms with Crippen LogP contribution in [0.15, 0.2) is 41.2 Å². The topological polar surface area (TPSA) is 98.3 Å². The molecular weight excluding hydrogens is 312 g/mol. The van der Waals surface area contributed by atoms with Crippen LogP contribution in [0.4, 0.5) is 5.69 Å². The molecule has 0 atom stereocenters. The van der Waals surface area contributed by atoms with Crippen molar-refractivity contribution in [1.82, 2.24) is 14.7 Å². The summed E-state index contributed by atoms with van der Waals surface area (Å²) in [7, 11) is 0. The second-order valence-corrected chi connectivity index (χ2v) is 5.61. The lowest BCUT2D eigenvalue weighted by Gasteiger charge is -2.15. The van der Waals surface area contributed by atoms with Gasteiger partial charge < -0.3 is 4.90 Å². The molecule has 0 unspecified atom stereocenters. The number of carbonyl (C=O) groups is 1. The summed E-state index contributed by atoms with van der Waals surface area (Å²) in [4.78, 5) is 36.2. The van der Waals surface area contributed by atoms with E-state index < -0.39 is 4.92 Å². The predicted octanol–water partition coefficient (Wildman–Crippen LogP) is 1.44. The smallest absolute Gasteiger partial charge is 0.270 e. The molecule has 1 aromatic carbocycles. The molecule has 8 nitrogen and oxygen atoms in total. The maximum absolute atomic E-state index is 12.2. The van der Waals surface area contributed by atoms with E-state index in [9.17, 15) is 19.7 Å². The predicted molar refractivity (Wildman–Crippen MR) is 86.4 cm³/mol. The number of hydrogen-bond acceptors (Lipinski definition) is 5. The maximum atomic E-state index is 12.2. The molecule has 0 aliphatic carbocycles. The summed E-state index contributed by atoms with van der Waals surface area (Å²) < 4.78 is 1.11. The number of nitrogens with zero attached hydrogens (tertiary/aromatic N) is 4. The van der Waals surface area contributed by atoms with Gasteiger partial charge in [-0.3, -0.25) is 19.7 Å². The van der Waals surface area contributed by atoms with E-state index >= 15 is 0 Å². The van der Waals surface area contributed by atoms with Gasteiger partial charge in [-0.2, -0.15) is 5.10 Å². The summed E-state index contributed by atoms with van der Waals surface area (Å²) in [5.41, 5.74) is 0.496. The molecule has 1 fully saturated rings. The molecule has 0 spiro atoms. The van der Waals surface area contributed by atoms with Crippen LogP contribution in [0.25, 0.3) is 11.3 Å². The molecule has 1 aromatic heterocycles. The molecule has 0 N–H and O–H groups in total. The van der Waals surface area contributed by atoms with E-state index in [0.717, 1.165) is 17.5 Å². The van der Waals surface area contributed by atoms with Crippen molar-refractivity contribution in [2.75, 3.05) is 13.1 Å². The first-order chi connectivity index (χ1) is 11.5. The number of benzene rings is 1. The summed E-state index contributed by atoms with van der Waals surface area (Å²) in [6, 6.07) is 8.82. The van der Waals surface area contributed by atoms with Crippen LogP contribution in [0.2, 0.25) is 0 Å². The summed E-state index contributed by atoms with van der Waals surface area (Å²) in [5.74, 6) is -0.140. The number of nitro benzene ring substituents is 1. The zero-order valence-electron chi connectivity index (χ0n) is 12.9. The zero-order chi connectivity index (χ0) is 17.1. The Labute approximate surface area is 137 Å². The summed E-state index contributed by atoms with van der Waals surface area (Å²) in [6.07, 6.45) is 1.95. The Balaban J connectivity index is 1.88. The van der Waals surface area contributed by atoms with E-state index in [1.807, 2.05) is 0 Å². The van der Waals surface area contributed by atoms with Crippen molar-refractivity contribution < 1.29 is 9.72 Å². The van der Waals surface area contributed by atoms with Gasteiger partial charge in [0.15, 0.2) is 0 Å². The number of rotatable bonds is 4. The molecule has 0 bridgehead atoms. The highest BCUT2D eigenvalue weighted by Gasteiger charge is 2.19. The summed E-state index contributed by atoms with van der Waals surface area (Å²) in [5, 5.41) is 15.1. The molecule has 1 amide bonds. The standard InChI is InChI=1S/C16H16N4O4/c21-15-7-6-14(12-4-3-5-13(10-12)20(23)24)17-19(15)11-16(22)18-8-1-2-9-18/h3-7,10H,1-2,8-9,11H2. The quantitative estimate of drug-likeness (QED) is 0.625. The number of aromatic nitrogens is 2. The molecule has 1 aliphatic rings. The van der Waals surface area contributed by atoms with Gasteiger partial charge in [0.25, 0.3) is 11.2 Å². The van der Waals surface area contributed by atoms with Gasteiger partial charge in [0.2, 0.25) is 5.91 Å². The van der Waals surface area contributed by atoms with Gasteiger partial charge in [0.1, 0.15) is 6.54 Å². The van der Waals surface area contributed by atoms with Crippen molar-refractivity contribution in [3.8, 4) is 11.3 Å². The first-order valence-corrected chi connectivity index (χ1v) is 7.65. The zero-order valence-corrected chi connectivity index (χ0v) is 12.9. The number of hydrogen-bond donors (Lipinski definition) is 0. The van der Waals surface area contributed by atoms with Crippen LogP contribution in [-0.4, -0.2) is 38.6 Å². The molecule has 1 aliphatic heterocycles. The van der Waals surface area contributed by atoms with Gasteiger partial charge in [-0.05, 0) is 18.9 Å². The van der Waals surface area contributed by atoms with Crippen LogP contribution < -0.4 is 5.56 Å². The lowest BCUT2D eigenvalue weighted by Crippen LogP contribution is -2.35. The number of carbonyl (C=O) groups excluding carboxylic acids is 1. The lowest BCUT2D eigenvalue weighted by molar-refractivity contribution is -0.384. The Hall–Kier alpha value is -3.03. The Bertz CT molecular complexity index is 840. The fourth-order valence-corrected chi connectivity index (χ4v) is 2.69. The highest BCUT2D eigenvalue weighted by molar-refractivity contribution is 5.76. The third-order valence-corrected chi connectivity index (χ3v) is 3.96. The van der Waals surface area contributed by atoms with E-state index in [1.54, 1.807) is 17.0 Å². The minimum atomic E-state index is -0.490. The van der Waals surface area contributed by atoms with Crippen molar-refractivity contribution in [1.29, 1.82) is 0 Å². The van der Waals surface area contributed by atoms with Gasteiger partial charge >= 0.3 is 0 Å². The number of non-ortho nitro benzene ring substituents is 1. The molecule has 0 saturated carbocycles. The van der Waals surface area contributed by atoms with Gasteiger partial charge in [-0.1, -0.05) is 12.1 Å². The third kappa shape index (κ3) is 3.32. The molecule has 2 heterocycles. The minimum Gasteiger partial charge on any atom is -0.341 e. The molecule has 0 radical (unpaired) electrons. The average Bonchev–Trinajstić information content (AvgIpc) is 3.11. The Morgan fingerprint density at radius 3 is 2.67 bits per heavy atom. The average molecular weight is 328 g/mol. The maximum Gasteiger partial charge on any atom is 0.270 e. The summed E-state index contributed by atoms with van der Waals surface area (Å²) >= 11 is 0. The highest BCUT2D eigenvalue weighted by Crippen LogP contribution is 2.21. The molecule has 8 heteroatoms. The van der Waals surface area contributed by atoms with Crippen LogP contribution >= 0.6 is 0 Å². The van der Waals surface area contributed by atoms with E-state index in [1.165, 1.54) is 24.3 Å². The largest absolute Gasteiger partial charge is 0.341 e. The number of likely N-dealkylation sites (tertiary alicyclic amines) is 1. The van der Waals surface area contributed by atoms with Crippen LogP contribution in [0.5, 0.6) is 0 Å². The molecule has 124 valence electrons. The minimum absolute atomic E-state index is 0.0554. The van der Waals surface area contributed by atoms with Crippen LogP contribution in [-0.2, 0) is 11.3 Å². The van der Waals surface area contributed by atoms with Crippen LogP contribution in [0, 0.1) is 10.1 Å². The molecule has 3 rings (SSSR count). The van der Waals surface area contributed by atoms with E-state index in [0.29, 0.717) is 24.3 Å². The Kier molecular flexibility index (Phi) is 4.37. The lowest BCUT2D eigenvalue weighted by atomic mass is 10.1. The second-order valence-electron chi connectivity index (χ2n) is 5.61. The third-order valence-electron chi connectivity index (χ3n) is 3.96. The van der Waals surface area contributed by atoms with Gasteiger partial charge in [0.05, 0.1) is 10.6 Å². The number of nitro groups is 1. The Morgan fingerprint density at radius 1 is 1.21 bits per heavy atom. The molecular formula is C16H16N4O4. The summed E-state index contributed by atoms with van der Waals surface area (Å²) in [6.45, 7) is 1.29. The fraction of sp³-hybridized carbons (Fsp3) is 0.312. The molecule has 1 saturated heterocycles. The monoisotopic (exact) mass is 328 g/mol. The molecule has 24 heavy (non-hydrogen) atoms. The van der Waals surface area contributed by atoms with E-state index in [2.05, 4.69) is 5.10 Å². The first kappa shape index (κ1) is 15.9. The van der Waals surface area contributed by atoms with E-state index in [4.69, 9.17) is 0 Å². The van der Waals surface area contributed by atoms with Crippen molar-refractivity contribution >= 4 is 11.6 Å². The molecule has 2 aromatic rings. The SMILES string of the molecule is O=C(Cn1nc(-c2cccc([N+](=O)[O-])c2)ccc1=O)N1CCCC1. The van der Waals surface area contributed by atoms with Crippen molar-refractivity contribution in [2.24, 2.45) is 0 Å². The number of amides is 1. The fourth-order valence-electron chi connectivity index (χ4n) is 2.69. The van der Waals surface area contributed by atoms with Crippen molar-refractivity contribution in [3.63, 3.8) is 0 Å². The van der Waals surface area contributed by atoms with Gasteiger partial charge in [0, 0.05) is 36.9 Å². The van der Waals surface area contributed by atoms with Gasteiger partial charge in [-0.15, -0.1) is 0 Å².